The van der Waals surface area contributed by atoms with Crippen molar-refractivity contribution >= 4 is 15.9 Å². The van der Waals surface area contributed by atoms with Gasteiger partial charge < -0.3 is 10.8 Å². The van der Waals surface area contributed by atoms with Crippen LogP contribution in [0.2, 0.25) is 0 Å². The van der Waals surface area contributed by atoms with E-state index in [4.69, 9.17) is 5.73 Å². The first-order chi connectivity index (χ1) is 5.61. The average molecular weight is 231 g/mol. The molecule has 1 aromatic rings. The van der Waals surface area contributed by atoms with E-state index in [9.17, 15) is 5.11 Å². The maximum atomic E-state index is 9.18. The maximum absolute atomic E-state index is 9.18. The highest BCUT2D eigenvalue weighted by Crippen LogP contribution is 2.14. The number of hydrogen-bond donors (Lipinski definition) is 2. The van der Waals surface area contributed by atoms with Crippen LogP contribution < -0.4 is 5.73 Å². The molecule has 2 atom stereocenters. The Morgan fingerprint density at radius 1 is 1.58 bits per heavy atom. The van der Waals surface area contributed by atoms with Gasteiger partial charge in [0.15, 0.2) is 0 Å². The standard InChI is InChI=1S/C8H11BrN2O/c1-5(12)8(10)6-2-3-7(9)11-4-6/h2-5,8,12H,10H2,1H3/t5?,8-/m0/s1. The molecule has 4 heteroatoms. The van der Waals surface area contributed by atoms with Gasteiger partial charge in [0, 0.05) is 6.20 Å². The van der Waals surface area contributed by atoms with Crippen LogP contribution in [-0.4, -0.2) is 16.2 Å². The summed E-state index contributed by atoms with van der Waals surface area (Å²) >= 11 is 3.22. The first-order valence-corrected chi connectivity index (χ1v) is 4.45. The van der Waals surface area contributed by atoms with E-state index in [1.54, 1.807) is 19.2 Å². The monoisotopic (exact) mass is 230 g/mol. The average Bonchev–Trinajstić information content (AvgIpc) is 2.04. The number of nitrogens with zero attached hydrogens (tertiary/aromatic N) is 1. The summed E-state index contributed by atoms with van der Waals surface area (Å²) in [5.41, 5.74) is 6.52. The van der Waals surface area contributed by atoms with E-state index < -0.39 is 6.10 Å². The molecule has 0 aromatic carbocycles. The molecule has 3 nitrogen and oxygen atoms in total. The van der Waals surface area contributed by atoms with Crippen molar-refractivity contribution in [3.05, 3.63) is 28.5 Å². The van der Waals surface area contributed by atoms with Crippen molar-refractivity contribution in [2.75, 3.05) is 0 Å². The predicted octanol–water partition coefficient (Wildman–Crippen LogP) is 1.22. The summed E-state index contributed by atoms with van der Waals surface area (Å²) in [7, 11) is 0. The molecule has 1 unspecified atom stereocenters. The molecule has 0 aliphatic carbocycles. The highest BCUT2D eigenvalue weighted by molar-refractivity contribution is 9.10. The highest BCUT2D eigenvalue weighted by atomic mass is 79.9. The lowest BCUT2D eigenvalue weighted by atomic mass is 10.1. The zero-order valence-electron chi connectivity index (χ0n) is 6.74. The molecule has 0 saturated carbocycles. The molecular formula is C8H11BrN2O. The van der Waals surface area contributed by atoms with Gasteiger partial charge in [-0.2, -0.15) is 0 Å². The summed E-state index contributed by atoms with van der Waals surface area (Å²) in [5, 5.41) is 9.18. The molecule has 0 spiro atoms. The lowest BCUT2D eigenvalue weighted by Gasteiger charge is -2.13. The summed E-state index contributed by atoms with van der Waals surface area (Å²) in [6, 6.07) is 3.29. The van der Waals surface area contributed by atoms with Gasteiger partial charge in [-0.25, -0.2) is 4.98 Å². The molecule has 1 aromatic heterocycles. The highest BCUT2D eigenvalue weighted by Gasteiger charge is 2.11. The Morgan fingerprint density at radius 3 is 2.67 bits per heavy atom. The Balaban J connectivity index is 2.82. The van der Waals surface area contributed by atoms with Crippen LogP contribution in [0.5, 0.6) is 0 Å². The van der Waals surface area contributed by atoms with Crippen molar-refractivity contribution in [1.82, 2.24) is 4.98 Å². The number of hydrogen-bond acceptors (Lipinski definition) is 3. The summed E-state index contributed by atoms with van der Waals surface area (Å²) in [6.45, 7) is 1.66. The lowest BCUT2D eigenvalue weighted by molar-refractivity contribution is 0.164. The molecule has 0 saturated heterocycles. The van der Waals surface area contributed by atoms with E-state index in [1.165, 1.54) is 0 Å². The third-order valence-corrected chi connectivity index (χ3v) is 2.12. The summed E-state index contributed by atoms with van der Waals surface area (Å²) < 4.78 is 0.768. The van der Waals surface area contributed by atoms with Crippen LogP contribution in [0.3, 0.4) is 0 Å². The normalized spacial score (nSPS) is 15.7. The second kappa shape index (κ2) is 3.98. The topological polar surface area (TPSA) is 59.1 Å². The molecule has 0 radical (unpaired) electrons. The van der Waals surface area contributed by atoms with Crippen molar-refractivity contribution in [2.45, 2.75) is 19.1 Å². The second-order valence-electron chi connectivity index (χ2n) is 2.68. The fourth-order valence-corrected chi connectivity index (χ4v) is 1.10. The molecule has 1 heterocycles. The number of pyridine rings is 1. The smallest absolute Gasteiger partial charge is 0.106 e. The van der Waals surface area contributed by atoms with Crippen LogP contribution >= 0.6 is 15.9 Å². The second-order valence-corrected chi connectivity index (χ2v) is 3.49. The lowest BCUT2D eigenvalue weighted by Crippen LogP contribution is -2.23. The molecule has 0 amide bonds. The molecular weight excluding hydrogens is 220 g/mol. The van der Waals surface area contributed by atoms with Crippen molar-refractivity contribution in [3.63, 3.8) is 0 Å². The van der Waals surface area contributed by atoms with E-state index in [0.29, 0.717) is 0 Å². The number of aromatic nitrogens is 1. The Hall–Kier alpha value is -0.450. The van der Waals surface area contributed by atoms with Gasteiger partial charge in [0.2, 0.25) is 0 Å². The molecule has 0 fully saturated rings. The third-order valence-electron chi connectivity index (χ3n) is 1.65. The molecule has 1 rings (SSSR count). The fraction of sp³-hybridized carbons (Fsp3) is 0.375. The van der Waals surface area contributed by atoms with Crippen LogP contribution in [0.25, 0.3) is 0 Å². The third kappa shape index (κ3) is 2.27. The Bertz CT molecular complexity index is 248. The van der Waals surface area contributed by atoms with E-state index in [2.05, 4.69) is 20.9 Å². The van der Waals surface area contributed by atoms with Crippen LogP contribution in [0, 0.1) is 0 Å². The van der Waals surface area contributed by atoms with Crippen LogP contribution in [0.1, 0.15) is 18.5 Å². The first-order valence-electron chi connectivity index (χ1n) is 3.66. The molecule has 0 aliphatic rings. The van der Waals surface area contributed by atoms with Gasteiger partial charge in [0.25, 0.3) is 0 Å². The van der Waals surface area contributed by atoms with Gasteiger partial charge in [-0.05, 0) is 34.5 Å². The number of nitrogens with two attached hydrogens (primary N) is 1. The minimum atomic E-state index is -0.548. The zero-order chi connectivity index (χ0) is 9.14. The fourth-order valence-electron chi connectivity index (χ4n) is 0.863. The van der Waals surface area contributed by atoms with Crippen molar-refractivity contribution in [2.24, 2.45) is 5.73 Å². The zero-order valence-corrected chi connectivity index (χ0v) is 8.32. The van der Waals surface area contributed by atoms with E-state index in [0.717, 1.165) is 10.2 Å². The van der Waals surface area contributed by atoms with Crippen LogP contribution in [0.4, 0.5) is 0 Å². The van der Waals surface area contributed by atoms with Gasteiger partial charge >= 0.3 is 0 Å². The molecule has 0 bridgehead atoms. The first kappa shape index (κ1) is 9.64. The number of halogens is 1. The van der Waals surface area contributed by atoms with Gasteiger partial charge in [-0.3, -0.25) is 0 Å². The van der Waals surface area contributed by atoms with Crippen molar-refractivity contribution in [3.8, 4) is 0 Å². The van der Waals surface area contributed by atoms with Gasteiger partial charge in [0.05, 0.1) is 12.1 Å². The summed E-state index contributed by atoms with van der Waals surface area (Å²) in [4.78, 5) is 4.01. The predicted molar refractivity (Wildman–Crippen MR) is 50.5 cm³/mol. The summed E-state index contributed by atoms with van der Waals surface area (Å²) in [6.07, 6.45) is 1.11. The Morgan fingerprint density at radius 2 is 2.25 bits per heavy atom. The molecule has 12 heavy (non-hydrogen) atoms. The quantitative estimate of drug-likeness (QED) is 0.752. The van der Waals surface area contributed by atoms with Gasteiger partial charge in [-0.1, -0.05) is 6.07 Å². The minimum absolute atomic E-state index is 0.356. The Kier molecular flexibility index (Phi) is 3.20. The minimum Gasteiger partial charge on any atom is -0.391 e. The van der Waals surface area contributed by atoms with Crippen molar-refractivity contribution in [1.29, 1.82) is 0 Å². The van der Waals surface area contributed by atoms with Crippen LogP contribution in [-0.2, 0) is 0 Å². The molecule has 0 aliphatic heterocycles. The largest absolute Gasteiger partial charge is 0.391 e. The number of rotatable bonds is 2. The summed E-state index contributed by atoms with van der Waals surface area (Å²) in [5.74, 6) is 0. The van der Waals surface area contributed by atoms with Gasteiger partial charge in [0.1, 0.15) is 4.60 Å². The van der Waals surface area contributed by atoms with E-state index in [1.807, 2.05) is 6.07 Å². The molecule has 66 valence electrons. The van der Waals surface area contributed by atoms with E-state index in [-0.39, 0.29) is 6.04 Å². The number of aliphatic hydroxyl groups is 1. The SMILES string of the molecule is CC(O)[C@H](N)c1ccc(Br)nc1. The maximum Gasteiger partial charge on any atom is 0.106 e. The Labute approximate surface area is 79.7 Å². The van der Waals surface area contributed by atoms with Crippen molar-refractivity contribution < 1.29 is 5.11 Å². The van der Waals surface area contributed by atoms with E-state index >= 15 is 0 Å². The molecule has 3 N–H and O–H groups in total. The van der Waals surface area contributed by atoms with Crippen LogP contribution in [0.15, 0.2) is 22.9 Å². The number of aliphatic hydroxyl groups excluding tert-OH is 1. The van der Waals surface area contributed by atoms with Gasteiger partial charge in [-0.15, -0.1) is 0 Å².